The highest BCUT2D eigenvalue weighted by Gasteiger charge is 2.17. The van der Waals surface area contributed by atoms with Gasteiger partial charge in [-0.15, -0.1) is 0 Å². The Balaban J connectivity index is 1.48. The molecular weight excluding hydrogens is 367 g/mol. The lowest BCUT2D eigenvalue weighted by Gasteiger charge is -2.13. The van der Waals surface area contributed by atoms with Gasteiger partial charge in [0.05, 0.1) is 11.8 Å². The van der Waals surface area contributed by atoms with Crippen molar-refractivity contribution in [2.75, 3.05) is 6.54 Å². The van der Waals surface area contributed by atoms with Gasteiger partial charge in [0.2, 0.25) is 5.89 Å². The van der Waals surface area contributed by atoms with Crippen molar-refractivity contribution in [1.82, 2.24) is 10.3 Å². The molecule has 0 saturated carbocycles. The van der Waals surface area contributed by atoms with E-state index in [4.69, 9.17) is 4.42 Å². The Hall–Kier alpha value is -3.21. The number of carbonyl (C=O) groups is 1. The maximum atomic E-state index is 13.1. The number of oxazole rings is 1. The molecule has 0 fully saturated rings. The molecule has 2 aromatic carbocycles. The van der Waals surface area contributed by atoms with Gasteiger partial charge in [0.1, 0.15) is 5.82 Å². The van der Waals surface area contributed by atoms with E-state index in [1.807, 2.05) is 18.2 Å². The fourth-order valence-corrected chi connectivity index (χ4v) is 3.58. The lowest BCUT2D eigenvalue weighted by Crippen LogP contribution is -2.25. The Morgan fingerprint density at radius 2 is 1.93 bits per heavy atom. The maximum absolute atomic E-state index is 13.1. The van der Waals surface area contributed by atoms with E-state index in [1.165, 1.54) is 30.5 Å². The molecule has 1 heterocycles. The number of carbonyl (C=O) groups excluding carboxylic acids is 1. The zero-order chi connectivity index (χ0) is 20.1. The summed E-state index contributed by atoms with van der Waals surface area (Å²) >= 11 is 0. The molecule has 4 rings (SSSR count). The fraction of sp³-hybridized carbons (Fsp3) is 0.250. The van der Waals surface area contributed by atoms with Gasteiger partial charge in [-0.05, 0) is 68.5 Å². The molecule has 3 aromatic rings. The van der Waals surface area contributed by atoms with Gasteiger partial charge in [-0.25, -0.2) is 9.37 Å². The molecule has 1 aliphatic carbocycles. The molecule has 148 valence electrons. The van der Waals surface area contributed by atoms with E-state index >= 15 is 0 Å². The predicted octanol–water partition coefficient (Wildman–Crippen LogP) is 5.77. The molecule has 1 aromatic heterocycles. The van der Waals surface area contributed by atoms with E-state index in [2.05, 4.69) is 16.4 Å². The first-order valence-corrected chi connectivity index (χ1v) is 9.98. The number of hydrogen-bond donors (Lipinski definition) is 1. The Kier molecular flexibility index (Phi) is 5.84. The second kappa shape index (κ2) is 8.86. The van der Waals surface area contributed by atoms with Crippen molar-refractivity contribution >= 4 is 5.91 Å². The number of aromatic nitrogens is 1. The van der Waals surface area contributed by atoms with Crippen LogP contribution in [0, 0.1) is 5.82 Å². The summed E-state index contributed by atoms with van der Waals surface area (Å²) in [6.45, 7) is 0.616. The van der Waals surface area contributed by atoms with Crippen molar-refractivity contribution < 1.29 is 13.6 Å². The second-order valence-electron chi connectivity index (χ2n) is 7.20. The second-order valence-corrected chi connectivity index (χ2v) is 7.20. The minimum Gasteiger partial charge on any atom is -0.436 e. The standard InChI is InChI=1S/C24H23FN2O2/c25-19-12-10-18(11-13-19)22-16-27-24(29-22)21-9-5-4-8-20(21)23(28)26-15-14-17-6-2-1-3-7-17/h4-6,8-13,16H,1-3,7,14-15H2,(H,26,28). The average Bonchev–Trinajstić information content (AvgIpc) is 3.25. The van der Waals surface area contributed by atoms with Gasteiger partial charge in [0.25, 0.3) is 5.91 Å². The largest absolute Gasteiger partial charge is 0.436 e. The van der Waals surface area contributed by atoms with E-state index in [9.17, 15) is 9.18 Å². The maximum Gasteiger partial charge on any atom is 0.252 e. The number of hydrogen-bond acceptors (Lipinski definition) is 3. The summed E-state index contributed by atoms with van der Waals surface area (Å²) < 4.78 is 19.0. The number of allylic oxidation sites excluding steroid dienone is 1. The van der Waals surface area contributed by atoms with E-state index < -0.39 is 0 Å². The van der Waals surface area contributed by atoms with Crippen LogP contribution < -0.4 is 5.32 Å². The molecule has 0 radical (unpaired) electrons. The molecule has 5 heteroatoms. The highest BCUT2D eigenvalue weighted by molar-refractivity contribution is 6.00. The van der Waals surface area contributed by atoms with Crippen LogP contribution >= 0.6 is 0 Å². The summed E-state index contributed by atoms with van der Waals surface area (Å²) in [6, 6.07) is 13.3. The van der Waals surface area contributed by atoms with E-state index in [0.29, 0.717) is 29.3 Å². The first-order valence-electron chi connectivity index (χ1n) is 9.98. The Bertz CT molecular complexity index is 1020. The van der Waals surface area contributed by atoms with Gasteiger partial charge in [-0.1, -0.05) is 23.8 Å². The normalized spacial score (nSPS) is 13.8. The smallest absolute Gasteiger partial charge is 0.252 e. The zero-order valence-electron chi connectivity index (χ0n) is 16.2. The first kappa shape index (κ1) is 19.1. The number of nitrogens with zero attached hydrogens (tertiary/aromatic N) is 1. The van der Waals surface area contributed by atoms with Crippen LogP contribution in [0.4, 0.5) is 4.39 Å². The number of rotatable bonds is 6. The van der Waals surface area contributed by atoms with E-state index in [-0.39, 0.29) is 11.7 Å². The Morgan fingerprint density at radius 1 is 1.10 bits per heavy atom. The van der Waals surface area contributed by atoms with Crippen LogP contribution in [-0.2, 0) is 0 Å². The van der Waals surface area contributed by atoms with Crippen molar-refractivity contribution in [2.45, 2.75) is 32.1 Å². The molecule has 0 spiro atoms. The summed E-state index contributed by atoms with van der Waals surface area (Å²) in [5.74, 6) is 0.447. The lowest BCUT2D eigenvalue weighted by atomic mass is 9.97. The molecule has 0 atom stereocenters. The molecule has 0 saturated heterocycles. The topological polar surface area (TPSA) is 55.1 Å². The summed E-state index contributed by atoms with van der Waals surface area (Å²) in [6.07, 6.45) is 9.56. The molecule has 0 unspecified atom stereocenters. The summed E-state index contributed by atoms with van der Waals surface area (Å²) in [7, 11) is 0. The molecular formula is C24H23FN2O2. The Morgan fingerprint density at radius 3 is 2.72 bits per heavy atom. The van der Waals surface area contributed by atoms with Crippen LogP contribution in [0.25, 0.3) is 22.8 Å². The van der Waals surface area contributed by atoms with Gasteiger partial charge in [0.15, 0.2) is 5.76 Å². The quantitative estimate of drug-likeness (QED) is 0.544. The van der Waals surface area contributed by atoms with Gasteiger partial charge in [-0.2, -0.15) is 0 Å². The van der Waals surface area contributed by atoms with Gasteiger partial charge >= 0.3 is 0 Å². The average molecular weight is 390 g/mol. The monoisotopic (exact) mass is 390 g/mol. The third kappa shape index (κ3) is 4.62. The van der Waals surface area contributed by atoms with Crippen molar-refractivity contribution in [3.05, 3.63) is 77.8 Å². The highest BCUT2D eigenvalue weighted by Crippen LogP contribution is 2.28. The molecule has 0 aliphatic heterocycles. The first-order chi connectivity index (χ1) is 14.2. The fourth-order valence-electron chi connectivity index (χ4n) is 3.58. The van der Waals surface area contributed by atoms with Crippen molar-refractivity contribution in [3.8, 4) is 22.8 Å². The SMILES string of the molecule is O=C(NCCC1=CCCCC1)c1ccccc1-c1ncc(-c2ccc(F)cc2)o1. The summed E-state index contributed by atoms with van der Waals surface area (Å²) in [5, 5.41) is 3.01. The molecule has 1 amide bonds. The number of nitrogens with one attached hydrogen (secondary N) is 1. The van der Waals surface area contributed by atoms with Crippen LogP contribution in [0.5, 0.6) is 0 Å². The third-order valence-corrected chi connectivity index (χ3v) is 5.15. The number of amides is 1. The minimum absolute atomic E-state index is 0.140. The van der Waals surface area contributed by atoms with Crippen LogP contribution in [0.15, 0.2) is 70.8 Å². The Labute approximate surface area is 169 Å². The zero-order valence-corrected chi connectivity index (χ0v) is 16.2. The van der Waals surface area contributed by atoms with Crippen molar-refractivity contribution in [2.24, 2.45) is 0 Å². The molecule has 0 bridgehead atoms. The van der Waals surface area contributed by atoms with Crippen molar-refractivity contribution in [3.63, 3.8) is 0 Å². The highest BCUT2D eigenvalue weighted by atomic mass is 19.1. The molecule has 1 N–H and O–H groups in total. The summed E-state index contributed by atoms with van der Waals surface area (Å²) in [5.41, 5.74) is 3.32. The minimum atomic E-state index is -0.306. The van der Waals surface area contributed by atoms with Crippen LogP contribution in [0.3, 0.4) is 0 Å². The van der Waals surface area contributed by atoms with Crippen LogP contribution in [0.2, 0.25) is 0 Å². The van der Waals surface area contributed by atoms with Gasteiger partial charge in [0, 0.05) is 17.7 Å². The van der Waals surface area contributed by atoms with E-state index in [0.717, 1.165) is 24.8 Å². The molecule has 29 heavy (non-hydrogen) atoms. The van der Waals surface area contributed by atoms with E-state index in [1.54, 1.807) is 24.4 Å². The van der Waals surface area contributed by atoms with Crippen molar-refractivity contribution in [1.29, 1.82) is 0 Å². The predicted molar refractivity (Wildman–Crippen MR) is 111 cm³/mol. The molecule has 1 aliphatic rings. The van der Waals surface area contributed by atoms with Gasteiger partial charge < -0.3 is 9.73 Å². The van der Waals surface area contributed by atoms with Gasteiger partial charge in [-0.3, -0.25) is 4.79 Å². The molecule has 4 nitrogen and oxygen atoms in total. The number of halogens is 1. The third-order valence-electron chi connectivity index (χ3n) is 5.15. The van der Waals surface area contributed by atoms with Crippen LogP contribution in [0.1, 0.15) is 42.5 Å². The summed E-state index contributed by atoms with van der Waals surface area (Å²) in [4.78, 5) is 17.1. The lowest BCUT2D eigenvalue weighted by molar-refractivity contribution is 0.0954. The number of benzene rings is 2. The van der Waals surface area contributed by atoms with Crippen LogP contribution in [-0.4, -0.2) is 17.4 Å².